The minimum absolute atomic E-state index is 0.0283. The van der Waals surface area contributed by atoms with Crippen molar-refractivity contribution in [2.45, 2.75) is 75.2 Å². The normalized spacial score (nSPS) is 20.5. The Morgan fingerprint density at radius 2 is 1.11 bits per heavy atom. The third-order valence-corrected chi connectivity index (χ3v) is 6.54. The maximum Gasteiger partial charge on any atom is 0.314 e. The van der Waals surface area contributed by atoms with E-state index in [1.807, 2.05) is 30.3 Å². The first-order valence-corrected chi connectivity index (χ1v) is 10.7. The van der Waals surface area contributed by atoms with Crippen LogP contribution < -0.4 is 5.73 Å². The highest BCUT2D eigenvalue weighted by molar-refractivity contribution is 5.81. The lowest BCUT2D eigenvalue weighted by Gasteiger charge is -2.33. The van der Waals surface area contributed by atoms with Gasteiger partial charge < -0.3 is 10.8 Å². The monoisotopic (exact) mass is 379 g/mol. The molecular formula is C25H33NO2. The first-order chi connectivity index (χ1) is 13.6. The highest BCUT2D eigenvalue weighted by atomic mass is 16.4. The summed E-state index contributed by atoms with van der Waals surface area (Å²) in [5.41, 5.74) is 8.02. The molecule has 0 saturated heterocycles. The molecule has 2 aliphatic carbocycles. The minimum Gasteiger partial charge on any atom is -0.481 e. The van der Waals surface area contributed by atoms with Gasteiger partial charge in [0.05, 0.1) is 5.41 Å². The van der Waals surface area contributed by atoms with Crippen molar-refractivity contribution in [2.75, 3.05) is 0 Å². The van der Waals surface area contributed by atoms with E-state index in [2.05, 4.69) is 30.3 Å². The molecule has 0 bridgehead atoms. The highest BCUT2D eigenvalue weighted by Gasteiger charge is 2.40. The van der Waals surface area contributed by atoms with Gasteiger partial charge in [-0.05, 0) is 36.8 Å². The lowest BCUT2D eigenvalue weighted by atomic mass is 9.69. The molecule has 3 heteroatoms. The molecule has 0 aliphatic heterocycles. The van der Waals surface area contributed by atoms with Crippen molar-refractivity contribution in [3.63, 3.8) is 0 Å². The van der Waals surface area contributed by atoms with Crippen molar-refractivity contribution in [3.05, 3.63) is 71.8 Å². The molecule has 2 aliphatic rings. The summed E-state index contributed by atoms with van der Waals surface area (Å²) in [6, 6.07) is 20.2. The van der Waals surface area contributed by atoms with E-state index in [9.17, 15) is 9.90 Å². The van der Waals surface area contributed by atoms with Crippen LogP contribution in [0.15, 0.2) is 60.7 Å². The summed E-state index contributed by atoms with van der Waals surface area (Å²) in [7, 11) is 0. The molecule has 28 heavy (non-hydrogen) atoms. The Labute approximate surface area is 169 Å². The van der Waals surface area contributed by atoms with E-state index in [1.165, 1.54) is 31.2 Å². The van der Waals surface area contributed by atoms with E-state index in [0.29, 0.717) is 0 Å². The lowest BCUT2D eigenvalue weighted by Crippen LogP contribution is -2.38. The molecule has 0 spiro atoms. The smallest absolute Gasteiger partial charge is 0.314 e. The number of rotatable bonds is 3. The van der Waals surface area contributed by atoms with Crippen LogP contribution in [0.5, 0.6) is 0 Å². The second-order valence-electron chi connectivity index (χ2n) is 8.40. The number of hydrogen-bond acceptors (Lipinski definition) is 2. The quantitative estimate of drug-likeness (QED) is 0.711. The summed E-state index contributed by atoms with van der Waals surface area (Å²) in [6.07, 6.45) is 11.0. The number of aliphatic carboxylic acids is 1. The van der Waals surface area contributed by atoms with Crippen molar-refractivity contribution >= 4 is 5.97 Å². The molecule has 0 aromatic heterocycles. The number of hydrogen-bond donors (Lipinski definition) is 2. The van der Waals surface area contributed by atoms with Gasteiger partial charge in [-0.25, -0.2) is 0 Å². The molecule has 4 rings (SSSR count). The molecule has 150 valence electrons. The fourth-order valence-corrected chi connectivity index (χ4v) is 4.78. The fraction of sp³-hybridized carbons (Fsp3) is 0.480. The van der Waals surface area contributed by atoms with Gasteiger partial charge in [-0.15, -0.1) is 0 Å². The van der Waals surface area contributed by atoms with Gasteiger partial charge in [-0.3, -0.25) is 4.79 Å². The maximum atomic E-state index is 11.5. The standard InChI is InChI=1S/C13H16O2.C12H17N/c14-12(15)13(9-5-2-6-10-13)11-7-3-1-4-8-11;13-12(9-5-2-6-10-12)11-7-3-1-4-8-11/h1,3-4,7-8H,2,5-6,9-10H2,(H,14,15);1,3-4,7-8H,2,5-6,9-10,13H2. The summed E-state index contributed by atoms with van der Waals surface area (Å²) >= 11 is 0. The van der Waals surface area contributed by atoms with E-state index in [4.69, 9.17) is 5.73 Å². The molecule has 0 unspecified atom stereocenters. The van der Waals surface area contributed by atoms with Crippen molar-refractivity contribution < 1.29 is 9.90 Å². The van der Waals surface area contributed by atoms with Crippen molar-refractivity contribution in [1.82, 2.24) is 0 Å². The van der Waals surface area contributed by atoms with E-state index >= 15 is 0 Å². The van der Waals surface area contributed by atoms with Gasteiger partial charge in [0.1, 0.15) is 0 Å². The summed E-state index contributed by atoms with van der Waals surface area (Å²) in [4.78, 5) is 11.5. The van der Waals surface area contributed by atoms with Crippen LogP contribution in [0.25, 0.3) is 0 Å². The van der Waals surface area contributed by atoms with Crippen LogP contribution in [-0.2, 0) is 15.7 Å². The molecule has 2 aromatic rings. The number of carbonyl (C=O) groups is 1. The number of benzene rings is 2. The molecule has 0 atom stereocenters. The van der Waals surface area contributed by atoms with Crippen LogP contribution >= 0.6 is 0 Å². The lowest BCUT2D eigenvalue weighted by molar-refractivity contribution is -0.145. The summed E-state index contributed by atoms with van der Waals surface area (Å²) in [5.74, 6) is -0.659. The van der Waals surface area contributed by atoms with Crippen molar-refractivity contribution in [1.29, 1.82) is 0 Å². The van der Waals surface area contributed by atoms with Gasteiger partial charge in [0.2, 0.25) is 0 Å². The zero-order chi connectivity index (χ0) is 19.9. The van der Waals surface area contributed by atoms with E-state index in [0.717, 1.165) is 44.1 Å². The third kappa shape index (κ3) is 4.64. The van der Waals surface area contributed by atoms with Crippen LogP contribution in [0, 0.1) is 0 Å². The summed E-state index contributed by atoms with van der Waals surface area (Å²) in [6.45, 7) is 0. The molecule has 0 radical (unpaired) electrons. The third-order valence-electron chi connectivity index (χ3n) is 6.54. The van der Waals surface area contributed by atoms with Crippen molar-refractivity contribution in [3.8, 4) is 0 Å². The Kier molecular flexibility index (Phi) is 6.90. The maximum absolute atomic E-state index is 11.5. The average molecular weight is 380 g/mol. The Morgan fingerprint density at radius 3 is 1.57 bits per heavy atom. The van der Waals surface area contributed by atoms with Gasteiger partial charge in [-0.2, -0.15) is 0 Å². The molecule has 3 nitrogen and oxygen atoms in total. The van der Waals surface area contributed by atoms with Crippen LogP contribution in [0.4, 0.5) is 0 Å². The molecular weight excluding hydrogens is 346 g/mol. The Hall–Kier alpha value is -2.13. The van der Waals surface area contributed by atoms with Crippen LogP contribution in [-0.4, -0.2) is 11.1 Å². The molecule has 2 saturated carbocycles. The number of carboxylic acids is 1. The summed E-state index contributed by atoms with van der Waals surface area (Å²) < 4.78 is 0. The van der Waals surface area contributed by atoms with Crippen LogP contribution in [0.2, 0.25) is 0 Å². The Morgan fingerprint density at radius 1 is 0.679 bits per heavy atom. The minimum atomic E-state index is -0.659. The second kappa shape index (κ2) is 9.38. The average Bonchev–Trinajstić information content (AvgIpc) is 2.76. The van der Waals surface area contributed by atoms with Crippen molar-refractivity contribution in [2.24, 2.45) is 5.73 Å². The largest absolute Gasteiger partial charge is 0.481 e. The predicted molar refractivity (Wildman–Crippen MR) is 114 cm³/mol. The molecule has 0 amide bonds. The molecule has 2 aromatic carbocycles. The first kappa shape index (κ1) is 20.6. The Balaban J connectivity index is 0.000000162. The number of carboxylic acid groups (broad SMARTS) is 1. The topological polar surface area (TPSA) is 63.3 Å². The number of nitrogens with two attached hydrogens (primary N) is 1. The predicted octanol–water partition coefficient (Wildman–Crippen LogP) is 5.78. The van der Waals surface area contributed by atoms with Crippen LogP contribution in [0.1, 0.15) is 75.3 Å². The van der Waals surface area contributed by atoms with Gasteiger partial charge in [0, 0.05) is 5.54 Å². The van der Waals surface area contributed by atoms with Gasteiger partial charge >= 0.3 is 5.97 Å². The fourth-order valence-electron chi connectivity index (χ4n) is 4.78. The highest BCUT2D eigenvalue weighted by Crippen LogP contribution is 2.39. The van der Waals surface area contributed by atoms with Gasteiger partial charge in [0.15, 0.2) is 0 Å². The molecule has 2 fully saturated rings. The van der Waals surface area contributed by atoms with E-state index in [1.54, 1.807) is 0 Å². The van der Waals surface area contributed by atoms with Gasteiger partial charge in [0.25, 0.3) is 0 Å². The zero-order valence-corrected chi connectivity index (χ0v) is 16.8. The molecule has 3 N–H and O–H groups in total. The molecule has 0 heterocycles. The van der Waals surface area contributed by atoms with E-state index < -0.39 is 11.4 Å². The first-order valence-electron chi connectivity index (χ1n) is 10.7. The van der Waals surface area contributed by atoms with Gasteiger partial charge in [-0.1, -0.05) is 99.2 Å². The Bertz CT molecular complexity index is 730. The summed E-state index contributed by atoms with van der Waals surface area (Å²) in [5, 5.41) is 9.44. The zero-order valence-electron chi connectivity index (χ0n) is 16.8. The van der Waals surface area contributed by atoms with E-state index in [-0.39, 0.29) is 5.54 Å². The SMILES string of the molecule is NC1(c2ccccc2)CCCCC1.O=C(O)C1(c2ccccc2)CCCCC1. The second-order valence-corrected chi connectivity index (χ2v) is 8.40. The van der Waals surface area contributed by atoms with Crippen LogP contribution in [0.3, 0.4) is 0 Å².